The Morgan fingerprint density at radius 1 is 1.23 bits per heavy atom. The van der Waals surface area contributed by atoms with Gasteiger partial charge in [-0.25, -0.2) is 18.1 Å². The number of hydrogen-bond donors (Lipinski definition) is 1. The zero-order valence-corrected chi connectivity index (χ0v) is 17.9. The largest absolute Gasteiger partial charge is 0.348 e. The second-order valence-corrected chi connectivity index (χ2v) is 8.60. The first kappa shape index (κ1) is 21.9. The molecule has 0 radical (unpaired) electrons. The average molecular weight is 450 g/mol. The van der Waals surface area contributed by atoms with Gasteiger partial charge in [0.25, 0.3) is 15.9 Å². The number of nitrogens with one attached hydrogen (secondary N) is 1. The van der Waals surface area contributed by atoms with Crippen molar-refractivity contribution in [1.82, 2.24) is 24.5 Å². The van der Waals surface area contributed by atoms with Gasteiger partial charge in [0.2, 0.25) is 0 Å². The van der Waals surface area contributed by atoms with Gasteiger partial charge in [-0.15, -0.1) is 0 Å². The van der Waals surface area contributed by atoms with E-state index in [0.717, 1.165) is 11.1 Å². The Bertz CT molecular complexity index is 1140. The summed E-state index contributed by atoms with van der Waals surface area (Å²) < 4.78 is 27.4. The number of aromatic nitrogens is 3. The van der Waals surface area contributed by atoms with Gasteiger partial charge in [0, 0.05) is 19.2 Å². The van der Waals surface area contributed by atoms with E-state index in [-0.39, 0.29) is 22.0 Å². The Kier molecular flexibility index (Phi) is 6.83. The predicted octanol–water partition coefficient (Wildman–Crippen LogP) is 2.09. The van der Waals surface area contributed by atoms with Crippen LogP contribution in [0.15, 0.2) is 60.0 Å². The van der Waals surface area contributed by atoms with Crippen molar-refractivity contribution in [1.29, 1.82) is 0 Å². The zero-order chi connectivity index (χ0) is 21.7. The number of hydrogen-bond acceptors (Lipinski definition) is 6. The number of nitrogens with zero attached hydrogens (tertiary/aromatic N) is 4. The summed E-state index contributed by atoms with van der Waals surface area (Å²) >= 11 is 6.04. The van der Waals surface area contributed by atoms with Crippen LogP contribution in [0.4, 0.5) is 0 Å². The van der Waals surface area contributed by atoms with E-state index in [1.807, 2.05) is 24.3 Å². The highest BCUT2D eigenvalue weighted by Crippen LogP contribution is 2.25. The van der Waals surface area contributed by atoms with Crippen LogP contribution in [0, 0.1) is 0 Å². The van der Waals surface area contributed by atoms with Crippen molar-refractivity contribution in [2.45, 2.75) is 18.0 Å². The quantitative estimate of drug-likeness (QED) is 0.528. The third-order valence-corrected chi connectivity index (χ3v) is 6.58. The number of halogens is 1. The number of benzene rings is 2. The first-order chi connectivity index (χ1) is 14.3. The molecule has 3 aromatic rings. The van der Waals surface area contributed by atoms with Gasteiger partial charge in [-0.2, -0.15) is 5.10 Å². The molecule has 0 atom stereocenters. The third kappa shape index (κ3) is 4.85. The topological polar surface area (TPSA) is 106 Å². The smallest absolute Gasteiger partial charge is 0.266 e. The van der Waals surface area contributed by atoms with Crippen LogP contribution < -0.4 is 5.32 Å². The molecule has 9 nitrogen and oxygen atoms in total. The molecule has 0 aliphatic carbocycles. The SMILES string of the molecule is CON(C)S(=O)(=O)c1cc(C(=O)NCc2ccccc2Cn2cncn2)ccc1Cl. The van der Waals surface area contributed by atoms with E-state index in [2.05, 4.69) is 15.4 Å². The van der Waals surface area contributed by atoms with Crippen LogP contribution in [-0.2, 0) is 28.0 Å². The van der Waals surface area contributed by atoms with E-state index >= 15 is 0 Å². The maximum absolute atomic E-state index is 12.7. The summed E-state index contributed by atoms with van der Waals surface area (Å²) in [6.45, 7) is 0.769. The molecule has 0 aliphatic rings. The van der Waals surface area contributed by atoms with Gasteiger partial charge in [-0.1, -0.05) is 40.3 Å². The number of sulfonamides is 1. The van der Waals surface area contributed by atoms with Crippen molar-refractivity contribution in [2.75, 3.05) is 14.2 Å². The van der Waals surface area contributed by atoms with E-state index < -0.39 is 15.9 Å². The van der Waals surface area contributed by atoms with Crippen molar-refractivity contribution in [2.24, 2.45) is 0 Å². The van der Waals surface area contributed by atoms with E-state index in [4.69, 9.17) is 16.4 Å². The van der Waals surface area contributed by atoms with Crippen LogP contribution in [0.3, 0.4) is 0 Å². The summed E-state index contributed by atoms with van der Waals surface area (Å²) in [4.78, 5) is 21.1. The number of carbonyl (C=O) groups is 1. The van der Waals surface area contributed by atoms with Crippen molar-refractivity contribution in [3.05, 3.63) is 76.8 Å². The molecule has 30 heavy (non-hydrogen) atoms. The van der Waals surface area contributed by atoms with Crippen molar-refractivity contribution >= 4 is 27.5 Å². The predicted molar refractivity (Wildman–Crippen MR) is 110 cm³/mol. The first-order valence-electron chi connectivity index (χ1n) is 8.83. The van der Waals surface area contributed by atoms with Crippen molar-refractivity contribution in [3.63, 3.8) is 0 Å². The van der Waals surface area contributed by atoms with Crippen LogP contribution in [0.1, 0.15) is 21.5 Å². The molecule has 158 valence electrons. The monoisotopic (exact) mass is 449 g/mol. The molecular formula is C19H20ClN5O4S. The van der Waals surface area contributed by atoms with Crippen LogP contribution in [0.5, 0.6) is 0 Å². The van der Waals surface area contributed by atoms with Crippen LogP contribution >= 0.6 is 11.6 Å². The minimum atomic E-state index is -4.00. The molecule has 11 heteroatoms. The Balaban J connectivity index is 1.77. The molecule has 2 aromatic carbocycles. The Hall–Kier alpha value is -2.79. The fourth-order valence-corrected chi connectivity index (χ4v) is 4.20. The minimum absolute atomic E-state index is 0.00590. The molecule has 0 bridgehead atoms. The Labute approximate surface area is 179 Å². The van der Waals surface area contributed by atoms with Gasteiger partial charge in [0.15, 0.2) is 0 Å². The van der Waals surface area contributed by atoms with E-state index in [1.54, 1.807) is 11.0 Å². The molecule has 1 heterocycles. The molecule has 0 saturated heterocycles. The minimum Gasteiger partial charge on any atom is -0.348 e. The van der Waals surface area contributed by atoms with Crippen molar-refractivity contribution < 1.29 is 18.0 Å². The highest BCUT2D eigenvalue weighted by atomic mass is 35.5. The van der Waals surface area contributed by atoms with Gasteiger partial charge in [0.05, 0.1) is 18.7 Å². The summed E-state index contributed by atoms with van der Waals surface area (Å²) in [5.41, 5.74) is 2.04. The Morgan fingerprint density at radius 2 is 1.97 bits per heavy atom. The fourth-order valence-electron chi connectivity index (χ4n) is 2.73. The molecule has 0 aliphatic heterocycles. The maximum Gasteiger partial charge on any atom is 0.266 e. The summed E-state index contributed by atoms with van der Waals surface area (Å²) in [7, 11) is -1.53. The average Bonchev–Trinajstić information content (AvgIpc) is 3.25. The maximum atomic E-state index is 12.7. The fraction of sp³-hybridized carbons (Fsp3) is 0.211. The van der Waals surface area contributed by atoms with Crippen LogP contribution in [0.25, 0.3) is 0 Å². The normalized spacial score (nSPS) is 11.6. The van der Waals surface area contributed by atoms with Crippen LogP contribution in [0.2, 0.25) is 5.02 Å². The first-order valence-corrected chi connectivity index (χ1v) is 10.6. The molecule has 3 rings (SSSR count). The highest BCUT2D eigenvalue weighted by molar-refractivity contribution is 7.89. The van der Waals surface area contributed by atoms with Gasteiger partial charge in [-0.05, 0) is 29.3 Å². The lowest BCUT2D eigenvalue weighted by molar-refractivity contribution is -0.0258. The summed E-state index contributed by atoms with van der Waals surface area (Å²) in [5.74, 6) is -0.432. The van der Waals surface area contributed by atoms with E-state index in [9.17, 15) is 13.2 Å². The lowest BCUT2D eigenvalue weighted by Crippen LogP contribution is -2.27. The lowest BCUT2D eigenvalue weighted by Gasteiger charge is -2.16. The number of rotatable bonds is 8. The highest BCUT2D eigenvalue weighted by Gasteiger charge is 2.25. The van der Waals surface area contributed by atoms with Gasteiger partial charge >= 0.3 is 0 Å². The number of amides is 1. The molecule has 0 spiro atoms. The van der Waals surface area contributed by atoms with E-state index in [1.165, 1.54) is 38.7 Å². The summed E-state index contributed by atoms with van der Waals surface area (Å²) in [5, 5.41) is 6.90. The molecule has 1 amide bonds. The molecule has 1 N–H and O–H groups in total. The summed E-state index contributed by atoms with van der Waals surface area (Å²) in [6, 6.07) is 11.7. The third-order valence-electron chi connectivity index (χ3n) is 4.42. The second kappa shape index (κ2) is 9.35. The van der Waals surface area contributed by atoms with Gasteiger partial charge < -0.3 is 5.32 Å². The lowest BCUT2D eigenvalue weighted by atomic mass is 10.1. The Morgan fingerprint density at radius 3 is 2.63 bits per heavy atom. The molecule has 0 fully saturated rings. The second-order valence-electron chi connectivity index (χ2n) is 6.29. The standard InChI is InChI=1S/C19H20ClN5O4S/c1-24(29-2)30(27,28)18-9-14(7-8-17(18)20)19(26)22-10-15-5-3-4-6-16(15)11-25-13-21-12-23-25/h3-9,12-13H,10-11H2,1-2H3,(H,22,26). The number of carbonyl (C=O) groups excluding carboxylic acids is 1. The van der Waals surface area contributed by atoms with E-state index in [0.29, 0.717) is 11.0 Å². The van der Waals surface area contributed by atoms with Crippen LogP contribution in [-0.4, -0.2) is 47.7 Å². The molecular weight excluding hydrogens is 430 g/mol. The van der Waals surface area contributed by atoms with Gasteiger partial charge in [0.1, 0.15) is 17.6 Å². The molecule has 0 saturated carbocycles. The van der Waals surface area contributed by atoms with Crippen molar-refractivity contribution in [3.8, 4) is 0 Å². The summed E-state index contributed by atoms with van der Waals surface area (Å²) in [6.07, 6.45) is 3.07. The van der Waals surface area contributed by atoms with Gasteiger partial charge in [-0.3, -0.25) is 9.63 Å². The molecule has 0 unspecified atom stereocenters. The zero-order valence-electron chi connectivity index (χ0n) is 16.3. The molecule has 1 aromatic heterocycles. The number of hydroxylamine groups is 1.